The second kappa shape index (κ2) is 3.17. The predicted octanol–water partition coefficient (Wildman–Crippen LogP) is 2.07. The van der Waals surface area contributed by atoms with Crippen LogP contribution in [0.15, 0.2) is 0 Å². The van der Waals surface area contributed by atoms with E-state index in [0.717, 1.165) is 19.1 Å². The lowest BCUT2D eigenvalue weighted by molar-refractivity contribution is -0.125. The van der Waals surface area contributed by atoms with Crippen LogP contribution in [-0.4, -0.2) is 18.0 Å². The molecule has 1 spiro atoms. The van der Waals surface area contributed by atoms with E-state index in [1.54, 1.807) is 0 Å². The summed E-state index contributed by atoms with van der Waals surface area (Å²) >= 11 is 0. The molecule has 0 aromatic heterocycles. The van der Waals surface area contributed by atoms with Crippen molar-refractivity contribution in [2.75, 3.05) is 0 Å². The van der Waals surface area contributed by atoms with Gasteiger partial charge in [0.25, 0.3) is 0 Å². The normalized spacial score (nSPS) is 33.8. The maximum absolute atomic E-state index is 10.5. The molecule has 1 aliphatic carbocycles. The highest BCUT2D eigenvalue weighted by molar-refractivity contribution is 5.56. The fraction of sp³-hybridized carbons (Fsp3) is 0.900. The predicted molar refractivity (Wildman–Crippen MR) is 46.0 cm³/mol. The van der Waals surface area contributed by atoms with Gasteiger partial charge in [-0.15, -0.1) is 0 Å². The summed E-state index contributed by atoms with van der Waals surface area (Å²) in [6, 6.07) is 0. The Morgan fingerprint density at radius 3 is 2.50 bits per heavy atom. The van der Waals surface area contributed by atoms with Gasteiger partial charge in [-0.05, 0) is 25.7 Å². The summed E-state index contributed by atoms with van der Waals surface area (Å²) in [4.78, 5) is 10.5. The Labute approximate surface area is 73.3 Å². The van der Waals surface area contributed by atoms with Gasteiger partial charge in [0.05, 0.1) is 5.60 Å². The van der Waals surface area contributed by atoms with E-state index in [-0.39, 0.29) is 11.7 Å². The molecule has 1 saturated heterocycles. The molecule has 2 heteroatoms. The van der Waals surface area contributed by atoms with Crippen molar-refractivity contribution in [2.24, 2.45) is 0 Å². The van der Waals surface area contributed by atoms with Crippen molar-refractivity contribution in [3.05, 3.63) is 0 Å². The fourth-order valence-electron chi connectivity index (χ4n) is 2.50. The van der Waals surface area contributed by atoms with Crippen LogP contribution in [0.25, 0.3) is 0 Å². The van der Waals surface area contributed by atoms with E-state index in [4.69, 9.17) is 4.74 Å². The van der Waals surface area contributed by atoms with E-state index in [0.29, 0.717) is 0 Å². The van der Waals surface area contributed by atoms with Gasteiger partial charge in [0.2, 0.25) is 0 Å². The number of rotatable bonds is 1. The number of hydrogen-bond donors (Lipinski definition) is 0. The van der Waals surface area contributed by atoms with Crippen LogP contribution in [0, 0.1) is 0 Å². The smallest absolute Gasteiger partial charge is 0.148 e. The molecular weight excluding hydrogens is 152 g/mol. The lowest BCUT2D eigenvalue weighted by Crippen LogP contribution is -2.31. The molecule has 1 aliphatic heterocycles. The van der Waals surface area contributed by atoms with Crippen molar-refractivity contribution < 1.29 is 9.53 Å². The number of ether oxygens (including phenoxy) is 1. The van der Waals surface area contributed by atoms with Crippen LogP contribution in [0.5, 0.6) is 0 Å². The molecule has 2 nitrogen and oxygen atoms in total. The van der Waals surface area contributed by atoms with Crippen LogP contribution in [0.3, 0.4) is 0 Å². The number of aldehydes is 1. The molecule has 0 bridgehead atoms. The highest BCUT2D eigenvalue weighted by atomic mass is 16.5. The molecule has 0 aromatic carbocycles. The quantitative estimate of drug-likeness (QED) is 0.560. The molecule has 1 atom stereocenters. The molecule has 2 rings (SSSR count). The largest absolute Gasteiger partial charge is 0.364 e. The minimum absolute atomic E-state index is 0.0944. The van der Waals surface area contributed by atoms with Gasteiger partial charge >= 0.3 is 0 Å². The Bertz CT molecular complexity index is 171. The first kappa shape index (κ1) is 8.24. The minimum Gasteiger partial charge on any atom is -0.364 e. The average molecular weight is 168 g/mol. The van der Waals surface area contributed by atoms with Crippen LogP contribution in [0.1, 0.15) is 44.9 Å². The second-order valence-electron chi connectivity index (χ2n) is 4.07. The third kappa shape index (κ3) is 1.40. The molecule has 2 fully saturated rings. The third-order valence-corrected chi connectivity index (χ3v) is 3.20. The number of carbonyl (C=O) groups excluding carboxylic acids is 1. The summed E-state index contributed by atoms with van der Waals surface area (Å²) in [5, 5.41) is 0. The van der Waals surface area contributed by atoms with Gasteiger partial charge in [-0.25, -0.2) is 0 Å². The number of carbonyl (C=O) groups is 1. The second-order valence-corrected chi connectivity index (χ2v) is 4.07. The summed E-state index contributed by atoms with van der Waals surface area (Å²) in [6.07, 6.45) is 9.19. The first-order valence-corrected chi connectivity index (χ1v) is 4.98. The van der Waals surface area contributed by atoms with E-state index in [9.17, 15) is 4.79 Å². The lowest BCUT2D eigenvalue weighted by Gasteiger charge is -2.32. The number of hydrogen-bond acceptors (Lipinski definition) is 2. The van der Waals surface area contributed by atoms with Gasteiger partial charge < -0.3 is 9.53 Å². The fourth-order valence-corrected chi connectivity index (χ4v) is 2.50. The first-order chi connectivity index (χ1) is 5.85. The van der Waals surface area contributed by atoms with Gasteiger partial charge in [0.1, 0.15) is 12.4 Å². The monoisotopic (exact) mass is 168 g/mol. The molecule has 0 radical (unpaired) electrons. The van der Waals surface area contributed by atoms with Crippen molar-refractivity contribution in [3.63, 3.8) is 0 Å². The highest BCUT2D eigenvalue weighted by Crippen LogP contribution is 2.41. The van der Waals surface area contributed by atoms with E-state index >= 15 is 0 Å². The first-order valence-electron chi connectivity index (χ1n) is 4.98. The molecule has 68 valence electrons. The maximum atomic E-state index is 10.5. The van der Waals surface area contributed by atoms with Crippen molar-refractivity contribution in [1.82, 2.24) is 0 Å². The summed E-state index contributed by atoms with van der Waals surface area (Å²) in [5.74, 6) is 0. The van der Waals surface area contributed by atoms with Crippen LogP contribution in [-0.2, 0) is 9.53 Å². The van der Waals surface area contributed by atoms with Crippen molar-refractivity contribution >= 4 is 6.29 Å². The van der Waals surface area contributed by atoms with Crippen LogP contribution in [0.4, 0.5) is 0 Å². The van der Waals surface area contributed by atoms with Crippen LogP contribution >= 0.6 is 0 Å². The minimum atomic E-state index is -0.0944. The van der Waals surface area contributed by atoms with Gasteiger partial charge in [0.15, 0.2) is 0 Å². The van der Waals surface area contributed by atoms with Gasteiger partial charge in [-0.2, -0.15) is 0 Å². The van der Waals surface area contributed by atoms with Gasteiger partial charge in [-0.3, -0.25) is 0 Å². The zero-order chi connectivity index (χ0) is 8.44. The van der Waals surface area contributed by atoms with E-state index in [1.165, 1.54) is 32.1 Å². The summed E-state index contributed by atoms with van der Waals surface area (Å²) in [6.45, 7) is 0. The van der Waals surface area contributed by atoms with Crippen molar-refractivity contribution in [1.29, 1.82) is 0 Å². The topological polar surface area (TPSA) is 26.3 Å². The Balaban J connectivity index is 1.98. The van der Waals surface area contributed by atoms with Crippen molar-refractivity contribution in [3.8, 4) is 0 Å². The van der Waals surface area contributed by atoms with E-state index < -0.39 is 0 Å². The Hall–Kier alpha value is -0.370. The molecule has 1 heterocycles. The molecule has 12 heavy (non-hydrogen) atoms. The van der Waals surface area contributed by atoms with Crippen molar-refractivity contribution in [2.45, 2.75) is 56.7 Å². The Morgan fingerprint density at radius 1 is 1.17 bits per heavy atom. The molecule has 0 aromatic rings. The lowest BCUT2D eigenvalue weighted by atomic mass is 9.83. The zero-order valence-corrected chi connectivity index (χ0v) is 7.42. The average Bonchev–Trinajstić information content (AvgIpc) is 2.50. The molecule has 1 unspecified atom stereocenters. The van der Waals surface area contributed by atoms with Crippen LogP contribution in [0.2, 0.25) is 0 Å². The Kier molecular flexibility index (Phi) is 2.18. The summed E-state index contributed by atoms with van der Waals surface area (Å²) in [5.41, 5.74) is 0.115. The molecule has 0 amide bonds. The van der Waals surface area contributed by atoms with Gasteiger partial charge in [0, 0.05) is 0 Å². The van der Waals surface area contributed by atoms with E-state index in [1.807, 2.05) is 0 Å². The maximum Gasteiger partial charge on any atom is 0.148 e. The highest BCUT2D eigenvalue weighted by Gasteiger charge is 2.40. The summed E-state index contributed by atoms with van der Waals surface area (Å²) in [7, 11) is 0. The molecule has 1 saturated carbocycles. The zero-order valence-electron chi connectivity index (χ0n) is 7.42. The SMILES string of the molecule is O=CC1CCC2(CCCCC2)O1. The van der Waals surface area contributed by atoms with E-state index in [2.05, 4.69) is 0 Å². The molecular formula is C10H16O2. The molecule has 2 aliphatic rings. The van der Waals surface area contributed by atoms with Gasteiger partial charge in [-0.1, -0.05) is 19.3 Å². The molecule has 0 N–H and O–H groups in total. The third-order valence-electron chi connectivity index (χ3n) is 3.20. The standard InChI is InChI=1S/C10H16O2/c11-8-9-4-7-10(12-9)5-2-1-3-6-10/h8-9H,1-7H2. The summed E-state index contributed by atoms with van der Waals surface area (Å²) < 4.78 is 5.77. The van der Waals surface area contributed by atoms with Crippen LogP contribution < -0.4 is 0 Å². The Morgan fingerprint density at radius 2 is 1.92 bits per heavy atom.